The van der Waals surface area contributed by atoms with Crippen LogP contribution in [0.3, 0.4) is 0 Å². The average Bonchev–Trinajstić information content (AvgIpc) is 3.13. The number of carbonyl (C=O) groups is 1. The molecule has 3 heterocycles. The van der Waals surface area contributed by atoms with Crippen LogP contribution in [0.25, 0.3) is 0 Å². The normalized spacial score (nSPS) is 20.6. The van der Waals surface area contributed by atoms with E-state index in [9.17, 15) is 13.2 Å². The summed E-state index contributed by atoms with van der Waals surface area (Å²) in [5, 5.41) is 3.34. The van der Waals surface area contributed by atoms with Gasteiger partial charge in [-0.2, -0.15) is 0 Å². The van der Waals surface area contributed by atoms with E-state index in [2.05, 4.69) is 19.9 Å². The summed E-state index contributed by atoms with van der Waals surface area (Å²) < 4.78 is 26.7. The minimum atomic E-state index is -3.61. The van der Waals surface area contributed by atoms with Gasteiger partial charge >= 0.3 is 0 Å². The number of hydrogen-bond donors (Lipinski definition) is 2. The lowest BCUT2D eigenvalue weighted by Gasteiger charge is -2.32. The van der Waals surface area contributed by atoms with Crippen molar-refractivity contribution in [1.29, 1.82) is 0 Å². The minimum Gasteiger partial charge on any atom is -0.341 e. The number of aromatic nitrogens is 1. The first-order valence-corrected chi connectivity index (χ1v) is 10.2. The average molecular weight is 440 g/mol. The molecule has 0 spiro atoms. The molecule has 154 valence electrons. The Morgan fingerprint density at radius 2 is 2.00 bits per heavy atom. The molecular formula is C16H27Cl2N5O3S. The molecule has 2 fully saturated rings. The van der Waals surface area contributed by atoms with E-state index in [1.807, 2.05) is 4.90 Å². The van der Waals surface area contributed by atoms with Gasteiger partial charge in [-0.25, -0.2) is 13.1 Å². The quantitative estimate of drug-likeness (QED) is 0.652. The number of rotatable bonds is 6. The summed E-state index contributed by atoms with van der Waals surface area (Å²) in [7, 11) is -3.61. The molecule has 27 heavy (non-hydrogen) atoms. The summed E-state index contributed by atoms with van der Waals surface area (Å²) in [6.45, 7) is 5.65. The van der Waals surface area contributed by atoms with E-state index in [-0.39, 0.29) is 48.6 Å². The van der Waals surface area contributed by atoms with Crippen LogP contribution in [0.5, 0.6) is 0 Å². The van der Waals surface area contributed by atoms with Gasteiger partial charge in [-0.1, -0.05) is 0 Å². The Morgan fingerprint density at radius 3 is 2.67 bits per heavy atom. The molecule has 0 saturated carbocycles. The Kier molecular flexibility index (Phi) is 9.92. The van der Waals surface area contributed by atoms with Crippen molar-refractivity contribution < 1.29 is 13.2 Å². The fourth-order valence-corrected chi connectivity index (χ4v) is 4.35. The molecule has 0 aromatic carbocycles. The number of nitrogens with zero attached hydrogens (tertiary/aromatic N) is 3. The lowest BCUT2D eigenvalue weighted by Crippen LogP contribution is -2.49. The third-order valence-electron chi connectivity index (χ3n) is 4.76. The monoisotopic (exact) mass is 439 g/mol. The van der Waals surface area contributed by atoms with Crippen LogP contribution < -0.4 is 10.0 Å². The number of carbonyl (C=O) groups excluding carboxylic acids is 1. The SMILES string of the molecule is Cl.Cl.O=C(CCNS(=O)(=O)c1cccnc1)N1CCC(N2CCNCC2)C1. The molecule has 0 bridgehead atoms. The lowest BCUT2D eigenvalue weighted by molar-refractivity contribution is -0.130. The van der Waals surface area contributed by atoms with Crippen molar-refractivity contribution in [2.24, 2.45) is 0 Å². The molecule has 2 aliphatic heterocycles. The van der Waals surface area contributed by atoms with Crippen molar-refractivity contribution in [1.82, 2.24) is 24.8 Å². The molecule has 0 aliphatic carbocycles. The van der Waals surface area contributed by atoms with Gasteiger partial charge in [0.2, 0.25) is 15.9 Å². The van der Waals surface area contributed by atoms with E-state index in [4.69, 9.17) is 0 Å². The highest BCUT2D eigenvalue weighted by molar-refractivity contribution is 7.89. The topological polar surface area (TPSA) is 94.6 Å². The Bertz CT molecular complexity index is 687. The van der Waals surface area contributed by atoms with Gasteiger partial charge < -0.3 is 10.2 Å². The van der Waals surface area contributed by atoms with Crippen molar-refractivity contribution in [3.63, 3.8) is 0 Å². The van der Waals surface area contributed by atoms with Crippen molar-refractivity contribution in [3.05, 3.63) is 24.5 Å². The number of halogens is 2. The zero-order valence-corrected chi connectivity index (χ0v) is 17.5. The van der Waals surface area contributed by atoms with Gasteiger partial charge in [0.15, 0.2) is 0 Å². The molecule has 11 heteroatoms. The van der Waals surface area contributed by atoms with Crippen molar-refractivity contribution >= 4 is 40.7 Å². The molecule has 1 aromatic heterocycles. The van der Waals surface area contributed by atoms with Gasteiger partial charge in [0.05, 0.1) is 0 Å². The number of amides is 1. The number of pyridine rings is 1. The first-order chi connectivity index (χ1) is 12.1. The van der Waals surface area contributed by atoms with Crippen LogP contribution in [0.15, 0.2) is 29.4 Å². The fourth-order valence-electron chi connectivity index (χ4n) is 3.35. The van der Waals surface area contributed by atoms with E-state index >= 15 is 0 Å². The molecule has 1 unspecified atom stereocenters. The third kappa shape index (κ3) is 6.55. The standard InChI is InChI=1S/C16H25N5O3S.2ClH/c22-16(3-6-19-25(23,24)15-2-1-5-18-12-15)21-9-4-14(13-21)20-10-7-17-8-11-20;;/h1-2,5,12,14,17,19H,3-4,6-11,13H2;2*1H. The molecule has 1 amide bonds. The molecular weight excluding hydrogens is 413 g/mol. The van der Waals surface area contributed by atoms with E-state index in [0.29, 0.717) is 6.04 Å². The van der Waals surface area contributed by atoms with Crippen molar-refractivity contribution in [2.75, 3.05) is 45.8 Å². The third-order valence-corrected chi connectivity index (χ3v) is 6.21. The summed E-state index contributed by atoms with van der Waals surface area (Å²) in [5.74, 6) is 0.00604. The lowest BCUT2D eigenvalue weighted by atomic mass is 10.2. The molecule has 2 N–H and O–H groups in total. The maximum atomic E-state index is 12.3. The number of sulfonamides is 1. The summed E-state index contributed by atoms with van der Waals surface area (Å²) in [5.41, 5.74) is 0. The second kappa shape index (κ2) is 11.1. The van der Waals surface area contributed by atoms with Gasteiger partial charge in [0.25, 0.3) is 0 Å². The number of likely N-dealkylation sites (tertiary alicyclic amines) is 1. The predicted molar refractivity (Wildman–Crippen MR) is 108 cm³/mol. The van der Waals surface area contributed by atoms with Gasteiger partial charge in [-0.15, -0.1) is 24.8 Å². The molecule has 8 nitrogen and oxygen atoms in total. The molecule has 2 saturated heterocycles. The first-order valence-electron chi connectivity index (χ1n) is 8.68. The highest BCUT2D eigenvalue weighted by atomic mass is 35.5. The molecule has 1 aromatic rings. The number of piperazine rings is 1. The Labute approximate surface area is 173 Å². The second-order valence-corrected chi connectivity index (χ2v) is 8.17. The van der Waals surface area contributed by atoms with Crippen molar-refractivity contribution in [3.8, 4) is 0 Å². The van der Waals surface area contributed by atoms with Crippen LogP contribution in [0, 0.1) is 0 Å². The van der Waals surface area contributed by atoms with E-state index in [0.717, 1.165) is 45.7 Å². The number of nitrogens with one attached hydrogen (secondary N) is 2. The van der Waals surface area contributed by atoms with Crippen LogP contribution in [0.4, 0.5) is 0 Å². The van der Waals surface area contributed by atoms with E-state index in [1.54, 1.807) is 6.07 Å². The van der Waals surface area contributed by atoms with Gasteiger partial charge in [0.1, 0.15) is 4.90 Å². The predicted octanol–water partition coefficient (Wildman–Crippen LogP) is 0.0997. The molecule has 3 rings (SSSR count). The first kappa shape index (κ1) is 24.1. The van der Waals surface area contributed by atoms with Gasteiger partial charge in [-0.3, -0.25) is 14.7 Å². The summed E-state index contributed by atoms with van der Waals surface area (Å²) in [4.78, 5) is 20.6. The smallest absolute Gasteiger partial charge is 0.242 e. The van der Waals surface area contributed by atoms with Crippen molar-refractivity contribution in [2.45, 2.75) is 23.8 Å². The summed E-state index contributed by atoms with van der Waals surface area (Å²) in [6, 6.07) is 3.48. The van der Waals surface area contributed by atoms with Crippen LogP contribution in [0.1, 0.15) is 12.8 Å². The van der Waals surface area contributed by atoms with Crippen LogP contribution in [0.2, 0.25) is 0 Å². The summed E-state index contributed by atoms with van der Waals surface area (Å²) in [6.07, 6.45) is 3.98. The zero-order valence-electron chi connectivity index (χ0n) is 15.0. The Hall–Kier alpha value is -0.970. The van der Waals surface area contributed by atoms with Crippen LogP contribution in [-0.4, -0.2) is 81.0 Å². The summed E-state index contributed by atoms with van der Waals surface area (Å²) >= 11 is 0. The molecule has 1 atom stereocenters. The van der Waals surface area contributed by atoms with Crippen LogP contribution in [-0.2, 0) is 14.8 Å². The molecule has 0 radical (unpaired) electrons. The largest absolute Gasteiger partial charge is 0.341 e. The van der Waals surface area contributed by atoms with Gasteiger partial charge in [0, 0.05) is 70.7 Å². The van der Waals surface area contributed by atoms with E-state index in [1.165, 1.54) is 18.5 Å². The fraction of sp³-hybridized carbons (Fsp3) is 0.625. The molecule has 2 aliphatic rings. The highest BCUT2D eigenvalue weighted by Gasteiger charge is 2.30. The number of hydrogen-bond acceptors (Lipinski definition) is 6. The Morgan fingerprint density at radius 1 is 1.26 bits per heavy atom. The minimum absolute atomic E-state index is 0. The van der Waals surface area contributed by atoms with Crippen LogP contribution >= 0.6 is 24.8 Å². The maximum absolute atomic E-state index is 12.3. The maximum Gasteiger partial charge on any atom is 0.242 e. The Balaban J connectivity index is 0.00000182. The van der Waals surface area contributed by atoms with Gasteiger partial charge in [-0.05, 0) is 18.6 Å². The second-order valence-electron chi connectivity index (χ2n) is 6.40. The highest BCUT2D eigenvalue weighted by Crippen LogP contribution is 2.17. The van der Waals surface area contributed by atoms with E-state index < -0.39 is 10.0 Å². The zero-order chi connectivity index (χ0) is 17.7.